The summed E-state index contributed by atoms with van der Waals surface area (Å²) in [5.41, 5.74) is 7.66. The molecule has 7 heteroatoms. The second-order valence-corrected chi connectivity index (χ2v) is 5.29. The zero-order chi connectivity index (χ0) is 14.8. The molecule has 0 atom stereocenters. The van der Waals surface area contributed by atoms with E-state index in [1.807, 2.05) is 30.0 Å². The van der Waals surface area contributed by atoms with Gasteiger partial charge in [0.05, 0.1) is 13.2 Å². The SMILES string of the molecule is Cc1ccc(-c2nc(N)nc(N3CCOCC3)n2)cc1Cl. The van der Waals surface area contributed by atoms with Crippen LogP contribution in [0.5, 0.6) is 0 Å². The first-order valence-electron chi connectivity index (χ1n) is 6.74. The van der Waals surface area contributed by atoms with Gasteiger partial charge in [0.15, 0.2) is 5.82 Å². The first kappa shape index (κ1) is 14.0. The first-order valence-corrected chi connectivity index (χ1v) is 7.12. The van der Waals surface area contributed by atoms with Crippen molar-refractivity contribution in [1.82, 2.24) is 15.0 Å². The van der Waals surface area contributed by atoms with Crippen molar-refractivity contribution in [2.24, 2.45) is 0 Å². The lowest BCUT2D eigenvalue weighted by Crippen LogP contribution is -2.37. The molecule has 0 saturated carbocycles. The van der Waals surface area contributed by atoms with Gasteiger partial charge in [-0.2, -0.15) is 15.0 Å². The average Bonchev–Trinajstić information content (AvgIpc) is 2.50. The molecule has 0 aliphatic carbocycles. The molecule has 2 N–H and O–H groups in total. The summed E-state index contributed by atoms with van der Waals surface area (Å²) in [6, 6.07) is 5.71. The van der Waals surface area contributed by atoms with Gasteiger partial charge in [-0.3, -0.25) is 0 Å². The van der Waals surface area contributed by atoms with E-state index >= 15 is 0 Å². The molecule has 3 rings (SSSR count). The lowest BCUT2D eigenvalue weighted by atomic mass is 10.1. The highest BCUT2D eigenvalue weighted by atomic mass is 35.5. The molecule has 21 heavy (non-hydrogen) atoms. The Bertz CT molecular complexity index is 658. The molecule has 0 unspecified atom stereocenters. The number of ether oxygens (including phenoxy) is 1. The van der Waals surface area contributed by atoms with Gasteiger partial charge in [-0.1, -0.05) is 23.7 Å². The molecule has 1 saturated heterocycles. The third kappa shape index (κ3) is 3.06. The number of halogens is 1. The number of nitrogens with two attached hydrogens (primary N) is 1. The van der Waals surface area contributed by atoms with E-state index in [1.54, 1.807) is 0 Å². The minimum Gasteiger partial charge on any atom is -0.378 e. The monoisotopic (exact) mass is 305 g/mol. The molecule has 1 aromatic heterocycles. The molecule has 2 aromatic rings. The van der Waals surface area contributed by atoms with Crippen molar-refractivity contribution in [3.8, 4) is 11.4 Å². The van der Waals surface area contributed by atoms with E-state index < -0.39 is 0 Å². The molecular formula is C14H16ClN5O. The predicted molar refractivity (Wildman–Crippen MR) is 82.5 cm³/mol. The third-order valence-electron chi connectivity index (χ3n) is 3.36. The van der Waals surface area contributed by atoms with Gasteiger partial charge in [0.1, 0.15) is 0 Å². The van der Waals surface area contributed by atoms with Crippen LogP contribution in [-0.2, 0) is 4.74 Å². The molecule has 0 radical (unpaired) electrons. The Morgan fingerprint density at radius 2 is 1.95 bits per heavy atom. The summed E-state index contributed by atoms with van der Waals surface area (Å²) in [6.07, 6.45) is 0. The minimum absolute atomic E-state index is 0.207. The number of nitrogens with zero attached hydrogens (tertiary/aromatic N) is 4. The highest BCUT2D eigenvalue weighted by Crippen LogP contribution is 2.24. The van der Waals surface area contributed by atoms with Crippen LogP contribution in [0.2, 0.25) is 5.02 Å². The Morgan fingerprint density at radius 3 is 2.67 bits per heavy atom. The van der Waals surface area contributed by atoms with Crippen LogP contribution >= 0.6 is 11.6 Å². The van der Waals surface area contributed by atoms with Crippen LogP contribution in [0, 0.1) is 6.92 Å². The Morgan fingerprint density at radius 1 is 1.19 bits per heavy atom. The molecule has 1 aromatic carbocycles. The highest BCUT2D eigenvalue weighted by molar-refractivity contribution is 6.31. The van der Waals surface area contributed by atoms with Gasteiger partial charge in [-0.25, -0.2) is 0 Å². The number of morpholine rings is 1. The molecule has 110 valence electrons. The largest absolute Gasteiger partial charge is 0.378 e. The van der Waals surface area contributed by atoms with Gasteiger partial charge in [-0.15, -0.1) is 0 Å². The van der Waals surface area contributed by atoms with Crippen molar-refractivity contribution in [2.45, 2.75) is 6.92 Å². The summed E-state index contributed by atoms with van der Waals surface area (Å²) >= 11 is 6.16. The van der Waals surface area contributed by atoms with Crippen molar-refractivity contribution in [3.63, 3.8) is 0 Å². The fraction of sp³-hybridized carbons (Fsp3) is 0.357. The average molecular weight is 306 g/mol. The maximum atomic E-state index is 6.16. The van der Waals surface area contributed by atoms with Crippen LogP contribution in [0.1, 0.15) is 5.56 Å². The fourth-order valence-electron chi connectivity index (χ4n) is 2.15. The predicted octanol–water partition coefficient (Wildman–Crippen LogP) is 1.92. The van der Waals surface area contributed by atoms with Crippen molar-refractivity contribution < 1.29 is 4.74 Å². The molecular weight excluding hydrogens is 290 g/mol. The molecule has 0 bridgehead atoms. The number of rotatable bonds is 2. The Hall–Kier alpha value is -1.92. The summed E-state index contributed by atoms with van der Waals surface area (Å²) in [7, 11) is 0. The number of nitrogen functional groups attached to an aromatic ring is 1. The molecule has 6 nitrogen and oxygen atoms in total. The van der Waals surface area contributed by atoms with E-state index in [2.05, 4.69) is 15.0 Å². The van der Waals surface area contributed by atoms with E-state index in [0.29, 0.717) is 30.0 Å². The normalized spacial score (nSPS) is 15.2. The quantitative estimate of drug-likeness (QED) is 0.913. The first-order chi connectivity index (χ1) is 10.1. The van der Waals surface area contributed by atoms with E-state index in [4.69, 9.17) is 22.1 Å². The zero-order valence-corrected chi connectivity index (χ0v) is 12.5. The number of hydrogen-bond acceptors (Lipinski definition) is 6. The summed E-state index contributed by atoms with van der Waals surface area (Å²) in [5, 5.41) is 0.680. The third-order valence-corrected chi connectivity index (χ3v) is 3.77. The summed E-state index contributed by atoms with van der Waals surface area (Å²) < 4.78 is 5.33. The van der Waals surface area contributed by atoms with Crippen LogP contribution in [0.25, 0.3) is 11.4 Å². The second-order valence-electron chi connectivity index (χ2n) is 4.88. The van der Waals surface area contributed by atoms with Gasteiger partial charge in [-0.05, 0) is 18.6 Å². The lowest BCUT2D eigenvalue weighted by molar-refractivity contribution is 0.122. The maximum absolute atomic E-state index is 6.16. The van der Waals surface area contributed by atoms with Gasteiger partial charge < -0.3 is 15.4 Å². The van der Waals surface area contributed by atoms with Crippen molar-refractivity contribution >= 4 is 23.5 Å². The van der Waals surface area contributed by atoms with Crippen LogP contribution in [-0.4, -0.2) is 41.3 Å². The summed E-state index contributed by atoms with van der Waals surface area (Å²) in [5.74, 6) is 1.32. The molecule has 0 spiro atoms. The summed E-state index contributed by atoms with van der Waals surface area (Å²) in [6.45, 7) is 4.77. The van der Waals surface area contributed by atoms with Crippen LogP contribution in [0.4, 0.5) is 11.9 Å². The number of aromatic nitrogens is 3. The van der Waals surface area contributed by atoms with Crippen LogP contribution in [0.3, 0.4) is 0 Å². The van der Waals surface area contributed by atoms with Crippen LogP contribution < -0.4 is 10.6 Å². The van der Waals surface area contributed by atoms with E-state index in [1.165, 1.54) is 0 Å². The number of anilines is 2. The van der Waals surface area contributed by atoms with Gasteiger partial charge >= 0.3 is 0 Å². The number of benzene rings is 1. The molecule has 0 amide bonds. The summed E-state index contributed by atoms with van der Waals surface area (Å²) in [4.78, 5) is 15.0. The molecule has 1 aliphatic heterocycles. The van der Waals surface area contributed by atoms with E-state index in [0.717, 1.165) is 24.2 Å². The van der Waals surface area contributed by atoms with E-state index in [-0.39, 0.29) is 5.95 Å². The standard InChI is InChI=1S/C14H16ClN5O/c1-9-2-3-10(8-11(9)15)12-17-13(16)19-14(18-12)20-4-6-21-7-5-20/h2-3,8H,4-7H2,1H3,(H2,16,17,18,19). The minimum atomic E-state index is 0.207. The van der Waals surface area contributed by atoms with E-state index in [9.17, 15) is 0 Å². The fourth-order valence-corrected chi connectivity index (χ4v) is 2.33. The van der Waals surface area contributed by atoms with Gasteiger partial charge in [0.25, 0.3) is 0 Å². The van der Waals surface area contributed by atoms with Gasteiger partial charge in [0.2, 0.25) is 11.9 Å². The van der Waals surface area contributed by atoms with Crippen molar-refractivity contribution in [3.05, 3.63) is 28.8 Å². The maximum Gasteiger partial charge on any atom is 0.230 e. The van der Waals surface area contributed by atoms with Crippen molar-refractivity contribution in [2.75, 3.05) is 36.9 Å². The zero-order valence-electron chi connectivity index (χ0n) is 11.7. The number of aryl methyl sites for hydroxylation is 1. The van der Waals surface area contributed by atoms with Gasteiger partial charge in [0, 0.05) is 23.7 Å². The molecule has 1 fully saturated rings. The Kier molecular flexibility index (Phi) is 3.90. The van der Waals surface area contributed by atoms with Crippen molar-refractivity contribution in [1.29, 1.82) is 0 Å². The number of hydrogen-bond donors (Lipinski definition) is 1. The second kappa shape index (κ2) is 5.83. The van der Waals surface area contributed by atoms with Crippen LogP contribution in [0.15, 0.2) is 18.2 Å². The highest BCUT2D eigenvalue weighted by Gasteiger charge is 2.16. The molecule has 1 aliphatic rings. The lowest BCUT2D eigenvalue weighted by Gasteiger charge is -2.26. The molecule has 2 heterocycles. The Balaban J connectivity index is 1.98. The smallest absolute Gasteiger partial charge is 0.230 e. The Labute approximate surface area is 127 Å². The topological polar surface area (TPSA) is 77.2 Å².